The largest absolute Gasteiger partial charge is 0.254 e. The zero-order valence-electron chi connectivity index (χ0n) is 20.7. The number of rotatable bonds is 3. The van der Waals surface area contributed by atoms with Gasteiger partial charge in [0.2, 0.25) is 0 Å². The maximum atomic E-state index is 5.10. The van der Waals surface area contributed by atoms with Gasteiger partial charge < -0.3 is 0 Å². The average Bonchev–Trinajstić information content (AvgIpc) is 3.39. The van der Waals surface area contributed by atoms with Crippen LogP contribution in [-0.2, 0) is 0 Å². The molecule has 8 rings (SSSR count). The molecule has 0 atom stereocenters. The summed E-state index contributed by atoms with van der Waals surface area (Å²) in [4.78, 5) is 19.4. The summed E-state index contributed by atoms with van der Waals surface area (Å²) in [6.45, 7) is 0. The Kier molecular flexibility index (Phi) is 4.96. The van der Waals surface area contributed by atoms with E-state index < -0.39 is 0 Å². The van der Waals surface area contributed by atoms with E-state index in [0.29, 0.717) is 0 Å². The Morgan fingerprint density at radius 2 is 1.28 bits per heavy atom. The zero-order valence-corrected chi connectivity index (χ0v) is 21.6. The molecule has 182 valence electrons. The van der Waals surface area contributed by atoms with Crippen molar-refractivity contribution >= 4 is 53.4 Å². The van der Waals surface area contributed by atoms with E-state index in [2.05, 4.69) is 94.9 Å². The van der Waals surface area contributed by atoms with Gasteiger partial charge in [-0.05, 0) is 29.3 Å². The van der Waals surface area contributed by atoms with Crippen LogP contribution in [0, 0.1) is 0 Å². The molecule has 4 aromatic carbocycles. The molecule has 8 aromatic rings. The van der Waals surface area contributed by atoms with Gasteiger partial charge in [0.15, 0.2) is 5.82 Å². The quantitative estimate of drug-likeness (QED) is 0.220. The summed E-state index contributed by atoms with van der Waals surface area (Å²) in [6.07, 6.45) is 3.70. The van der Waals surface area contributed by atoms with E-state index in [-0.39, 0.29) is 0 Å². The lowest BCUT2D eigenvalue weighted by Gasteiger charge is -2.10. The number of nitrogens with zero attached hydrogens (tertiary/aromatic N) is 4. The molecule has 0 saturated heterocycles. The molecule has 4 aromatic heterocycles. The predicted molar refractivity (Wildman–Crippen MR) is 162 cm³/mol. The van der Waals surface area contributed by atoms with Crippen molar-refractivity contribution in [3.8, 4) is 33.8 Å². The number of thiophene rings is 1. The molecular formula is C34H20N4S. The molecule has 0 aliphatic carbocycles. The first-order valence-corrected chi connectivity index (χ1v) is 13.6. The minimum absolute atomic E-state index is 0.741. The molecule has 0 aliphatic rings. The molecule has 0 radical (unpaired) electrons. The summed E-state index contributed by atoms with van der Waals surface area (Å²) in [5.74, 6) is 0.741. The summed E-state index contributed by atoms with van der Waals surface area (Å²) in [7, 11) is 0. The fourth-order valence-electron chi connectivity index (χ4n) is 5.32. The third kappa shape index (κ3) is 3.59. The van der Waals surface area contributed by atoms with Crippen LogP contribution < -0.4 is 0 Å². The summed E-state index contributed by atoms with van der Waals surface area (Å²) >= 11 is 1.75. The van der Waals surface area contributed by atoms with Gasteiger partial charge in [0.25, 0.3) is 0 Å². The van der Waals surface area contributed by atoms with Crippen LogP contribution in [0.15, 0.2) is 122 Å². The molecule has 0 N–H and O–H groups in total. The van der Waals surface area contributed by atoms with Crippen LogP contribution in [0.1, 0.15) is 0 Å². The molecule has 0 aliphatic heterocycles. The maximum absolute atomic E-state index is 5.10. The van der Waals surface area contributed by atoms with Crippen LogP contribution in [0.3, 0.4) is 0 Å². The third-order valence-electron chi connectivity index (χ3n) is 7.20. The van der Waals surface area contributed by atoms with E-state index in [1.807, 2.05) is 36.7 Å². The molecule has 5 heteroatoms. The topological polar surface area (TPSA) is 51.6 Å². The summed E-state index contributed by atoms with van der Waals surface area (Å²) in [6, 6.07) is 37.7. The monoisotopic (exact) mass is 516 g/mol. The molecule has 39 heavy (non-hydrogen) atoms. The fraction of sp³-hybridized carbons (Fsp3) is 0. The van der Waals surface area contributed by atoms with E-state index >= 15 is 0 Å². The molecular weight excluding hydrogens is 496 g/mol. The van der Waals surface area contributed by atoms with Crippen molar-refractivity contribution in [3.63, 3.8) is 0 Å². The van der Waals surface area contributed by atoms with Gasteiger partial charge >= 0.3 is 0 Å². The highest BCUT2D eigenvalue weighted by Crippen LogP contribution is 2.40. The number of benzene rings is 4. The minimum Gasteiger partial charge on any atom is -0.254 e. The minimum atomic E-state index is 0.741. The van der Waals surface area contributed by atoms with Crippen molar-refractivity contribution in [1.82, 2.24) is 19.9 Å². The highest BCUT2D eigenvalue weighted by molar-refractivity contribution is 7.26. The van der Waals surface area contributed by atoms with E-state index in [9.17, 15) is 0 Å². The van der Waals surface area contributed by atoms with Gasteiger partial charge in [-0.25, -0.2) is 9.97 Å². The SMILES string of the molecule is c1ccc(-c2nc(-c3ccc(-c4ccnc5c4ccc4cccnc45)cc3)c3sc4ccccc4c3n2)cc1. The maximum Gasteiger partial charge on any atom is 0.160 e. The molecule has 0 saturated carbocycles. The Hall–Kier alpha value is -5.00. The highest BCUT2D eigenvalue weighted by atomic mass is 32.1. The standard InChI is InChI=1S/C34H20N4S/c1-2-7-24(8-3-1)34-37-30(33-32(38-34)27-10-4-5-11-28(27)39-33)23-14-12-21(13-15-23)25-18-20-36-31-26(25)17-16-22-9-6-19-35-29(22)31/h1-20H. The molecule has 0 spiro atoms. The number of pyridine rings is 2. The Bertz CT molecular complexity index is 2170. The third-order valence-corrected chi connectivity index (χ3v) is 8.37. The summed E-state index contributed by atoms with van der Waals surface area (Å²) < 4.78 is 2.32. The van der Waals surface area contributed by atoms with Crippen LogP contribution in [0.25, 0.3) is 75.9 Å². The normalized spacial score (nSPS) is 11.6. The lowest BCUT2D eigenvalue weighted by Crippen LogP contribution is -1.93. The highest BCUT2D eigenvalue weighted by Gasteiger charge is 2.17. The number of hydrogen-bond acceptors (Lipinski definition) is 5. The molecule has 4 heterocycles. The van der Waals surface area contributed by atoms with Gasteiger partial charge in [-0.15, -0.1) is 11.3 Å². The summed E-state index contributed by atoms with van der Waals surface area (Å²) in [5.41, 5.74) is 8.16. The molecule has 4 nitrogen and oxygen atoms in total. The van der Waals surface area contributed by atoms with E-state index in [1.165, 1.54) is 10.1 Å². The molecule has 0 amide bonds. The molecule has 0 unspecified atom stereocenters. The number of hydrogen-bond donors (Lipinski definition) is 0. The second-order valence-electron chi connectivity index (χ2n) is 9.51. The average molecular weight is 517 g/mol. The van der Waals surface area contributed by atoms with Crippen LogP contribution in [0.4, 0.5) is 0 Å². The van der Waals surface area contributed by atoms with Gasteiger partial charge in [0.05, 0.1) is 26.9 Å². The molecule has 0 bridgehead atoms. The van der Waals surface area contributed by atoms with Crippen LogP contribution in [0.5, 0.6) is 0 Å². The smallest absolute Gasteiger partial charge is 0.160 e. The van der Waals surface area contributed by atoms with E-state index in [0.717, 1.165) is 65.8 Å². The zero-order chi connectivity index (χ0) is 25.8. The predicted octanol–water partition coefficient (Wildman–Crippen LogP) is 8.94. The van der Waals surface area contributed by atoms with Crippen LogP contribution in [-0.4, -0.2) is 19.9 Å². The second-order valence-corrected chi connectivity index (χ2v) is 10.6. The van der Waals surface area contributed by atoms with Gasteiger partial charge in [0, 0.05) is 44.4 Å². The van der Waals surface area contributed by atoms with Gasteiger partial charge in [-0.2, -0.15) is 0 Å². The second kappa shape index (κ2) is 8.79. The number of aromatic nitrogens is 4. The van der Waals surface area contributed by atoms with Gasteiger partial charge in [-0.1, -0.05) is 91.0 Å². The van der Waals surface area contributed by atoms with Crippen LogP contribution >= 0.6 is 11.3 Å². The van der Waals surface area contributed by atoms with Crippen molar-refractivity contribution in [2.75, 3.05) is 0 Å². The Morgan fingerprint density at radius 3 is 2.18 bits per heavy atom. The van der Waals surface area contributed by atoms with E-state index in [1.54, 1.807) is 11.3 Å². The first-order chi connectivity index (χ1) is 19.3. The Labute approximate surface area is 228 Å². The van der Waals surface area contributed by atoms with Crippen molar-refractivity contribution in [3.05, 3.63) is 122 Å². The first-order valence-electron chi connectivity index (χ1n) is 12.8. The van der Waals surface area contributed by atoms with Crippen molar-refractivity contribution in [1.29, 1.82) is 0 Å². The van der Waals surface area contributed by atoms with Gasteiger partial charge in [0.1, 0.15) is 0 Å². The van der Waals surface area contributed by atoms with E-state index in [4.69, 9.17) is 9.97 Å². The Morgan fingerprint density at radius 1 is 0.487 bits per heavy atom. The summed E-state index contributed by atoms with van der Waals surface area (Å²) in [5, 5.41) is 3.35. The Balaban J connectivity index is 1.30. The first kappa shape index (κ1) is 22.0. The number of fused-ring (bicyclic) bond motifs is 6. The van der Waals surface area contributed by atoms with Gasteiger partial charge in [-0.3, -0.25) is 9.97 Å². The van der Waals surface area contributed by atoms with Crippen molar-refractivity contribution in [2.24, 2.45) is 0 Å². The lowest BCUT2D eigenvalue weighted by atomic mass is 9.98. The lowest BCUT2D eigenvalue weighted by molar-refractivity contribution is 1.24. The molecule has 0 fully saturated rings. The van der Waals surface area contributed by atoms with Crippen molar-refractivity contribution < 1.29 is 0 Å². The van der Waals surface area contributed by atoms with Crippen molar-refractivity contribution in [2.45, 2.75) is 0 Å². The fourth-order valence-corrected chi connectivity index (χ4v) is 6.47. The van der Waals surface area contributed by atoms with Crippen LogP contribution in [0.2, 0.25) is 0 Å².